The molecule has 2 aromatic carbocycles. The highest BCUT2D eigenvalue weighted by Gasteiger charge is 2.24. The van der Waals surface area contributed by atoms with Gasteiger partial charge in [0.2, 0.25) is 0 Å². The van der Waals surface area contributed by atoms with E-state index in [1.54, 1.807) is 12.1 Å². The first-order valence-corrected chi connectivity index (χ1v) is 6.78. The molecule has 1 aliphatic carbocycles. The SMILES string of the molecule is OC(c1ccc(F)cc1)c1ccccc1C1CCC1. The van der Waals surface area contributed by atoms with Gasteiger partial charge in [0.05, 0.1) is 0 Å². The summed E-state index contributed by atoms with van der Waals surface area (Å²) in [5.74, 6) is 0.300. The fourth-order valence-corrected chi connectivity index (χ4v) is 2.68. The van der Waals surface area contributed by atoms with Gasteiger partial charge in [-0.2, -0.15) is 0 Å². The first-order chi connectivity index (χ1) is 9.25. The molecule has 1 aliphatic rings. The Morgan fingerprint density at radius 1 is 1.00 bits per heavy atom. The summed E-state index contributed by atoms with van der Waals surface area (Å²) in [5.41, 5.74) is 2.94. The van der Waals surface area contributed by atoms with Crippen LogP contribution < -0.4 is 0 Å². The molecule has 0 amide bonds. The molecule has 19 heavy (non-hydrogen) atoms. The Balaban J connectivity index is 1.94. The van der Waals surface area contributed by atoms with E-state index < -0.39 is 6.10 Å². The third-order valence-electron chi connectivity index (χ3n) is 4.02. The Kier molecular flexibility index (Phi) is 3.34. The van der Waals surface area contributed by atoms with Crippen molar-refractivity contribution in [3.8, 4) is 0 Å². The zero-order chi connectivity index (χ0) is 13.2. The first kappa shape index (κ1) is 12.4. The van der Waals surface area contributed by atoms with Crippen molar-refractivity contribution in [2.75, 3.05) is 0 Å². The van der Waals surface area contributed by atoms with Crippen LogP contribution in [0.3, 0.4) is 0 Å². The van der Waals surface area contributed by atoms with Crippen LogP contribution >= 0.6 is 0 Å². The lowest BCUT2D eigenvalue weighted by atomic mass is 9.77. The van der Waals surface area contributed by atoms with Crippen LogP contribution in [0.25, 0.3) is 0 Å². The van der Waals surface area contributed by atoms with E-state index in [4.69, 9.17) is 0 Å². The Morgan fingerprint density at radius 3 is 2.32 bits per heavy atom. The third kappa shape index (κ3) is 2.41. The van der Waals surface area contributed by atoms with Gasteiger partial charge >= 0.3 is 0 Å². The molecule has 1 atom stereocenters. The molecule has 1 N–H and O–H groups in total. The number of aliphatic hydroxyl groups is 1. The van der Waals surface area contributed by atoms with Crippen molar-refractivity contribution in [3.05, 3.63) is 71.0 Å². The predicted octanol–water partition coefficient (Wildman–Crippen LogP) is 4.17. The highest BCUT2D eigenvalue weighted by Crippen LogP contribution is 2.40. The number of halogens is 1. The van der Waals surface area contributed by atoms with E-state index in [2.05, 4.69) is 6.07 Å². The minimum atomic E-state index is -0.669. The maximum atomic E-state index is 12.9. The predicted molar refractivity (Wildman–Crippen MR) is 73.5 cm³/mol. The minimum Gasteiger partial charge on any atom is -0.384 e. The van der Waals surface area contributed by atoms with Crippen molar-refractivity contribution in [1.29, 1.82) is 0 Å². The highest BCUT2D eigenvalue weighted by atomic mass is 19.1. The summed E-state index contributed by atoms with van der Waals surface area (Å²) in [7, 11) is 0. The molecule has 1 nitrogen and oxygen atoms in total. The van der Waals surface area contributed by atoms with Crippen molar-refractivity contribution >= 4 is 0 Å². The van der Waals surface area contributed by atoms with Gasteiger partial charge in [-0.25, -0.2) is 4.39 Å². The van der Waals surface area contributed by atoms with Gasteiger partial charge in [-0.15, -0.1) is 0 Å². The summed E-state index contributed by atoms with van der Waals surface area (Å²) in [6.45, 7) is 0. The Morgan fingerprint density at radius 2 is 1.68 bits per heavy atom. The minimum absolute atomic E-state index is 0.275. The highest BCUT2D eigenvalue weighted by molar-refractivity contribution is 5.38. The zero-order valence-corrected chi connectivity index (χ0v) is 10.7. The van der Waals surface area contributed by atoms with Crippen molar-refractivity contribution in [2.45, 2.75) is 31.3 Å². The Hall–Kier alpha value is -1.67. The molecule has 0 spiro atoms. The number of hydrogen-bond acceptors (Lipinski definition) is 1. The Bertz CT molecular complexity index is 558. The number of aliphatic hydroxyl groups excluding tert-OH is 1. The van der Waals surface area contributed by atoms with Crippen LogP contribution in [0.2, 0.25) is 0 Å². The first-order valence-electron chi connectivity index (χ1n) is 6.78. The molecule has 0 saturated heterocycles. The number of benzene rings is 2. The van der Waals surface area contributed by atoms with Crippen LogP contribution in [0.1, 0.15) is 48.0 Å². The zero-order valence-electron chi connectivity index (χ0n) is 10.7. The van der Waals surface area contributed by atoms with E-state index in [-0.39, 0.29) is 5.82 Å². The lowest BCUT2D eigenvalue weighted by Crippen LogP contribution is -2.13. The fraction of sp³-hybridized carbons (Fsp3) is 0.294. The standard InChI is InChI=1S/C17H17FO/c18-14-10-8-13(9-11-14)17(19)16-7-2-1-6-15(16)12-4-3-5-12/h1-2,6-12,17,19H,3-5H2. The molecular formula is C17H17FO. The molecule has 2 aromatic rings. The van der Waals surface area contributed by atoms with E-state index in [0.717, 1.165) is 11.1 Å². The smallest absolute Gasteiger partial charge is 0.123 e. The van der Waals surface area contributed by atoms with Gasteiger partial charge in [0.1, 0.15) is 11.9 Å². The summed E-state index contributed by atoms with van der Waals surface area (Å²) in [4.78, 5) is 0. The van der Waals surface area contributed by atoms with Gasteiger partial charge in [-0.05, 0) is 47.6 Å². The average molecular weight is 256 g/mol. The molecule has 98 valence electrons. The van der Waals surface area contributed by atoms with Gasteiger partial charge in [-0.3, -0.25) is 0 Å². The fourth-order valence-electron chi connectivity index (χ4n) is 2.68. The molecule has 2 heteroatoms. The largest absolute Gasteiger partial charge is 0.384 e. The maximum absolute atomic E-state index is 12.9. The van der Waals surface area contributed by atoms with Crippen LogP contribution in [0.15, 0.2) is 48.5 Å². The maximum Gasteiger partial charge on any atom is 0.123 e. The number of rotatable bonds is 3. The van der Waals surface area contributed by atoms with Crippen molar-refractivity contribution in [1.82, 2.24) is 0 Å². The second-order valence-corrected chi connectivity index (χ2v) is 5.21. The number of hydrogen-bond donors (Lipinski definition) is 1. The van der Waals surface area contributed by atoms with E-state index in [1.807, 2.05) is 18.2 Å². The van der Waals surface area contributed by atoms with Gasteiger partial charge in [0, 0.05) is 0 Å². The molecule has 1 saturated carbocycles. The van der Waals surface area contributed by atoms with E-state index in [1.165, 1.54) is 37.0 Å². The summed E-state index contributed by atoms with van der Waals surface area (Å²) in [6.07, 6.45) is 3.00. The second kappa shape index (κ2) is 5.14. The van der Waals surface area contributed by atoms with Crippen LogP contribution in [0.5, 0.6) is 0 Å². The van der Waals surface area contributed by atoms with E-state index in [0.29, 0.717) is 5.92 Å². The molecule has 0 aromatic heterocycles. The van der Waals surface area contributed by atoms with Crippen molar-refractivity contribution < 1.29 is 9.50 Å². The van der Waals surface area contributed by atoms with E-state index >= 15 is 0 Å². The molecular weight excluding hydrogens is 239 g/mol. The normalized spacial score (nSPS) is 16.9. The topological polar surface area (TPSA) is 20.2 Å². The lowest BCUT2D eigenvalue weighted by molar-refractivity contribution is 0.217. The lowest BCUT2D eigenvalue weighted by Gasteiger charge is -2.29. The molecule has 0 radical (unpaired) electrons. The molecule has 0 aliphatic heterocycles. The molecule has 0 heterocycles. The van der Waals surface area contributed by atoms with E-state index in [9.17, 15) is 9.50 Å². The quantitative estimate of drug-likeness (QED) is 0.873. The summed E-state index contributed by atoms with van der Waals surface area (Å²) in [5, 5.41) is 10.5. The van der Waals surface area contributed by atoms with Crippen LogP contribution in [-0.2, 0) is 0 Å². The Labute approximate surface area is 112 Å². The van der Waals surface area contributed by atoms with Gasteiger partial charge in [0.15, 0.2) is 0 Å². The van der Waals surface area contributed by atoms with Crippen LogP contribution in [-0.4, -0.2) is 5.11 Å². The van der Waals surface area contributed by atoms with Gasteiger partial charge in [0.25, 0.3) is 0 Å². The van der Waals surface area contributed by atoms with Crippen molar-refractivity contribution in [2.24, 2.45) is 0 Å². The van der Waals surface area contributed by atoms with Crippen LogP contribution in [0.4, 0.5) is 4.39 Å². The molecule has 1 unspecified atom stereocenters. The summed E-state index contributed by atoms with van der Waals surface area (Å²) in [6, 6.07) is 14.1. The van der Waals surface area contributed by atoms with Crippen LogP contribution in [0, 0.1) is 5.82 Å². The monoisotopic (exact) mass is 256 g/mol. The van der Waals surface area contributed by atoms with Crippen molar-refractivity contribution in [3.63, 3.8) is 0 Å². The summed E-state index contributed by atoms with van der Waals surface area (Å²) < 4.78 is 12.9. The summed E-state index contributed by atoms with van der Waals surface area (Å²) >= 11 is 0. The second-order valence-electron chi connectivity index (χ2n) is 5.21. The van der Waals surface area contributed by atoms with Gasteiger partial charge in [-0.1, -0.05) is 42.8 Å². The average Bonchev–Trinajstić information content (AvgIpc) is 2.37. The molecule has 1 fully saturated rings. The van der Waals surface area contributed by atoms with Gasteiger partial charge < -0.3 is 5.11 Å². The molecule has 3 rings (SSSR count). The molecule has 0 bridgehead atoms. The third-order valence-corrected chi connectivity index (χ3v) is 4.02.